The summed E-state index contributed by atoms with van der Waals surface area (Å²) in [5.41, 5.74) is 7.14. The minimum Gasteiger partial charge on any atom is -0.381 e. The van der Waals surface area contributed by atoms with E-state index in [1.807, 2.05) is 0 Å². The predicted molar refractivity (Wildman–Crippen MR) is 65.3 cm³/mol. The van der Waals surface area contributed by atoms with Crippen LogP contribution in [0.3, 0.4) is 0 Å². The first-order chi connectivity index (χ1) is 7.74. The summed E-state index contributed by atoms with van der Waals surface area (Å²) in [6.07, 6.45) is 7.77. The minimum atomic E-state index is 0.249. The van der Waals surface area contributed by atoms with E-state index < -0.39 is 0 Å². The highest BCUT2D eigenvalue weighted by Crippen LogP contribution is 2.17. The first-order valence-electron chi connectivity index (χ1n) is 6.22. The monoisotopic (exact) mass is 222 g/mol. The van der Waals surface area contributed by atoms with Crippen LogP contribution in [-0.2, 0) is 17.7 Å². The standard InChI is InChI=1S/C13H22N2O/c1-11(14)8-13-2-5-15(10-13)9-12-3-6-16-7-4-12/h2,5,10-12H,3-4,6-9,14H2,1H3. The van der Waals surface area contributed by atoms with E-state index in [1.54, 1.807) is 0 Å². The van der Waals surface area contributed by atoms with E-state index in [0.29, 0.717) is 0 Å². The molecule has 0 spiro atoms. The molecule has 1 aromatic rings. The molecule has 1 aliphatic heterocycles. The van der Waals surface area contributed by atoms with Gasteiger partial charge in [-0.1, -0.05) is 0 Å². The van der Waals surface area contributed by atoms with Gasteiger partial charge in [-0.05, 0) is 43.7 Å². The van der Waals surface area contributed by atoms with Crippen LogP contribution in [0.4, 0.5) is 0 Å². The first-order valence-corrected chi connectivity index (χ1v) is 6.22. The highest BCUT2D eigenvalue weighted by atomic mass is 16.5. The Labute approximate surface area is 97.6 Å². The molecule has 90 valence electrons. The Morgan fingerprint density at radius 1 is 1.50 bits per heavy atom. The molecule has 1 atom stereocenters. The second-order valence-corrected chi connectivity index (χ2v) is 4.95. The lowest BCUT2D eigenvalue weighted by Crippen LogP contribution is -2.20. The van der Waals surface area contributed by atoms with Crippen molar-refractivity contribution < 1.29 is 4.74 Å². The molecule has 1 aliphatic rings. The predicted octanol–water partition coefficient (Wildman–Crippen LogP) is 1.80. The second-order valence-electron chi connectivity index (χ2n) is 4.95. The molecule has 3 heteroatoms. The molecule has 0 aromatic carbocycles. The van der Waals surface area contributed by atoms with Crippen LogP contribution in [0.1, 0.15) is 25.3 Å². The SMILES string of the molecule is CC(N)Cc1ccn(CC2CCOCC2)c1. The van der Waals surface area contributed by atoms with E-state index in [0.717, 1.165) is 32.1 Å². The summed E-state index contributed by atoms with van der Waals surface area (Å²) in [5.74, 6) is 0.782. The van der Waals surface area contributed by atoms with Gasteiger partial charge < -0.3 is 15.0 Å². The van der Waals surface area contributed by atoms with Gasteiger partial charge in [-0.3, -0.25) is 0 Å². The van der Waals surface area contributed by atoms with Gasteiger partial charge in [-0.25, -0.2) is 0 Å². The fourth-order valence-corrected chi connectivity index (χ4v) is 2.32. The molecule has 0 saturated carbocycles. The molecule has 2 N–H and O–H groups in total. The number of hydrogen-bond donors (Lipinski definition) is 1. The van der Waals surface area contributed by atoms with Crippen LogP contribution in [-0.4, -0.2) is 23.8 Å². The molecule has 3 nitrogen and oxygen atoms in total. The zero-order valence-corrected chi connectivity index (χ0v) is 10.1. The van der Waals surface area contributed by atoms with Gasteiger partial charge in [0.05, 0.1) is 0 Å². The van der Waals surface area contributed by atoms with Gasteiger partial charge in [0.15, 0.2) is 0 Å². The lowest BCUT2D eigenvalue weighted by Gasteiger charge is -2.22. The van der Waals surface area contributed by atoms with E-state index in [2.05, 4.69) is 30.0 Å². The Hall–Kier alpha value is -0.800. The molecule has 1 unspecified atom stereocenters. The Bertz CT molecular complexity index is 313. The van der Waals surface area contributed by atoms with Crippen molar-refractivity contribution in [2.24, 2.45) is 11.7 Å². The summed E-state index contributed by atoms with van der Waals surface area (Å²) in [6.45, 7) is 5.04. The Balaban J connectivity index is 1.86. The van der Waals surface area contributed by atoms with Crippen molar-refractivity contribution in [3.63, 3.8) is 0 Å². The molecular weight excluding hydrogens is 200 g/mol. The number of nitrogens with zero attached hydrogens (tertiary/aromatic N) is 1. The van der Waals surface area contributed by atoms with Crippen LogP contribution in [0.5, 0.6) is 0 Å². The van der Waals surface area contributed by atoms with Crippen LogP contribution < -0.4 is 5.73 Å². The zero-order chi connectivity index (χ0) is 11.4. The fourth-order valence-electron chi connectivity index (χ4n) is 2.32. The van der Waals surface area contributed by atoms with Gasteiger partial charge in [0.2, 0.25) is 0 Å². The maximum absolute atomic E-state index is 5.79. The van der Waals surface area contributed by atoms with Crippen LogP contribution in [0.15, 0.2) is 18.5 Å². The summed E-state index contributed by atoms with van der Waals surface area (Å²) in [6, 6.07) is 2.43. The van der Waals surface area contributed by atoms with E-state index in [9.17, 15) is 0 Å². The number of rotatable bonds is 4. The maximum atomic E-state index is 5.79. The van der Waals surface area contributed by atoms with Crippen molar-refractivity contribution in [2.75, 3.05) is 13.2 Å². The van der Waals surface area contributed by atoms with E-state index in [1.165, 1.54) is 18.4 Å². The number of nitrogens with two attached hydrogens (primary N) is 1. The van der Waals surface area contributed by atoms with Gasteiger partial charge in [-0.15, -0.1) is 0 Å². The molecule has 1 fully saturated rings. The van der Waals surface area contributed by atoms with Gasteiger partial charge in [0.25, 0.3) is 0 Å². The van der Waals surface area contributed by atoms with E-state index >= 15 is 0 Å². The van der Waals surface area contributed by atoms with Gasteiger partial charge in [-0.2, -0.15) is 0 Å². The van der Waals surface area contributed by atoms with Crippen LogP contribution in [0, 0.1) is 5.92 Å². The maximum Gasteiger partial charge on any atom is 0.0469 e. The van der Waals surface area contributed by atoms with Crippen molar-refractivity contribution in [3.8, 4) is 0 Å². The molecule has 2 heterocycles. The molecular formula is C13H22N2O. The van der Waals surface area contributed by atoms with Crippen LogP contribution in [0.25, 0.3) is 0 Å². The Morgan fingerprint density at radius 2 is 2.25 bits per heavy atom. The third kappa shape index (κ3) is 3.35. The molecule has 0 radical (unpaired) electrons. The van der Waals surface area contributed by atoms with Gasteiger partial charge in [0.1, 0.15) is 0 Å². The second kappa shape index (κ2) is 5.51. The number of ether oxygens (including phenoxy) is 1. The average Bonchev–Trinajstić information content (AvgIpc) is 2.66. The largest absolute Gasteiger partial charge is 0.381 e. The summed E-state index contributed by atoms with van der Waals surface area (Å²) < 4.78 is 7.67. The van der Waals surface area contributed by atoms with Gasteiger partial charge in [0, 0.05) is 38.2 Å². The number of aromatic nitrogens is 1. The van der Waals surface area contributed by atoms with Crippen molar-refractivity contribution >= 4 is 0 Å². The smallest absolute Gasteiger partial charge is 0.0469 e. The normalized spacial score (nSPS) is 19.9. The third-order valence-electron chi connectivity index (χ3n) is 3.18. The molecule has 1 saturated heterocycles. The molecule has 2 rings (SSSR count). The first kappa shape index (κ1) is 11.7. The molecule has 0 bridgehead atoms. The summed E-state index contributed by atoms with van der Waals surface area (Å²) >= 11 is 0. The van der Waals surface area contributed by atoms with Crippen molar-refractivity contribution in [3.05, 3.63) is 24.0 Å². The van der Waals surface area contributed by atoms with Crippen molar-refractivity contribution in [2.45, 2.75) is 38.8 Å². The molecule has 16 heavy (non-hydrogen) atoms. The lowest BCUT2D eigenvalue weighted by molar-refractivity contribution is 0.0613. The van der Waals surface area contributed by atoms with Crippen molar-refractivity contribution in [1.82, 2.24) is 4.57 Å². The fraction of sp³-hybridized carbons (Fsp3) is 0.692. The van der Waals surface area contributed by atoms with E-state index in [4.69, 9.17) is 10.5 Å². The zero-order valence-electron chi connectivity index (χ0n) is 10.1. The van der Waals surface area contributed by atoms with Crippen molar-refractivity contribution in [1.29, 1.82) is 0 Å². The van der Waals surface area contributed by atoms with Crippen LogP contribution >= 0.6 is 0 Å². The van der Waals surface area contributed by atoms with Gasteiger partial charge >= 0.3 is 0 Å². The van der Waals surface area contributed by atoms with Crippen LogP contribution in [0.2, 0.25) is 0 Å². The Morgan fingerprint density at radius 3 is 2.94 bits per heavy atom. The molecule has 0 aliphatic carbocycles. The number of hydrogen-bond acceptors (Lipinski definition) is 2. The minimum absolute atomic E-state index is 0.249. The highest BCUT2D eigenvalue weighted by Gasteiger charge is 2.14. The lowest BCUT2D eigenvalue weighted by atomic mass is 10.0. The highest BCUT2D eigenvalue weighted by molar-refractivity contribution is 5.11. The summed E-state index contributed by atoms with van der Waals surface area (Å²) in [4.78, 5) is 0. The summed E-state index contributed by atoms with van der Waals surface area (Å²) in [5, 5.41) is 0. The summed E-state index contributed by atoms with van der Waals surface area (Å²) in [7, 11) is 0. The topological polar surface area (TPSA) is 40.2 Å². The third-order valence-corrected chi connectivity index (χ3v) is 3.18. The molecule has 1 aromatic heterocycles. The molecule has 0 amide bonds. The van der Waals surface area contributed by atoms with E-state index in [-0.39, 0.29) is 6.04 Å². The Kier molecular flexibility index (Phi) is 4.02. The quantitative estimate of drug-likeness (QED) is 0.844. The average molecular weight is 222 g/mol.